The van der Waals surface area contributed by atoms with Crippen LogP contribution >= 0.6 is 23.1 Å². The van der Waals surface area contributed by atoms with Crippen LogP contribution in [0.3, 0.4) is 0 Å². The molecule has 0 saturated heterocycles. The summed E-state index contributed by atoms with van der Waals surface area (Å²) in [7, 11) is 0. The first-order valence-corrected chi connectivity index (χ1v) is 10.6. The Bertz CT molecular complexity index is 1090. The number of thioether (sulfide) groups is 1. The minimum Gasteiger partial charge on any atom is -0.506 e. The van der Waals surface area contributed by atoms with Crippen molar-refractivity contribution in [2.75, 3.05) is 11.1 Å². The molecule has 1 aliphatic carbocycles. The van der Waals surface area contributed by atoms with Crippen molar-refractivity contribution < 1.29 is 9.90 Å². The zero-order valence-electron chi connectivity index (χ0n) is 14.8. The van der Waals surface area contributed by atoms with E-state index >= 15 is 0 Å². The molecule has 2 heterocycles. The van der Waals surface area contributed by atoms with Crippen LogP contribution < -0.4 is 10.9 Å². The second-order valence-corrected chi connectivity index (χ2v) is 8.67. The lowest BCUT2D eigenvalue weighted by molar-refractivity contribution is -0.113. The molecule has 0 radical (unpaired) electrons. The van der Waals surface area contributed by atoms with Crippen LogP contribution in [0.2, 0.25) is 0 Å². The summed E-state index contributed by atoms with van der Waals surface area (Å²) in [6.45, 7) is 1.88. The number of carbonyl (C=O) groups excluding carboxylic acids is 1. The molecule has 0 bridgehead atoms. The van der Waals surface area contributed by atoms with E-state index in [0.717, 1.165) is 41.6 Å². The van der Waals surface area contributed by atoms with Crippen LogP contribution in [-0.4, -0.2) is 26.7 Å². The number of phenolic OH excluding ortho intramolecular Hbond substituents is 1. The Morgan fingerprint density at radius 1 is 1.37 bits per heavy atom. The van der Waals surface area contributed by atoms with Gasteiger partial charge in [0, 0.05) is 4.88 Å². The fraction of sp³-hybridized carbons (Fsp3) is 0.316. The Hall–Kier alpha value is -2.32. The number of aromatic amines is 1. The Labute approximate surface area is 164 Å². The van der Waals surface area contributed by atoms with Gasteiger partial charge in [-0.05, 0) is 55.9 Å². The monoisotopic (exact) mass is 401 g/mol. The molecule has 0 spiro atoms. The van der Waals surface area contributed by atoms with Gasteiger partial charge in [0.15, 0.2) is 5.16 Å². The first-order valence-electron chi connectivity index (χ1n) is 8.78. The number of hydrogen-bond donors (Lipinski definition) is 3. The van der Waals surface area contributed by atoms with Crippen molar-refractivity contribution in [1.82, 2.24) is 9.97 Å². The first kappa shape index (κ1) is 18.1. The van der Waals surface area contributed by atoms with Gasteiger partial charge in [-0.15, -0.1) is 11.3 Å². The van der Waals surface area contributed by atoms with Crippen LogP contribution in [0.4, 0.5) is 5.69 Å². The largest absolute Gasteiger partial charge is 0.506 e. The van der Waals surface area contributed by atoms with Gasteiger partial charge in [0.25, 0.3) is 5.56 Å². The Morgan fingerprint density at radius 3 is 3.04 bits per heavy atom. The van der Waals surface area contributed by atoms with Crippen LogP contribution in [-0.2, 0) is 17.6 Å². The van der Waals surface area contributed by atoms with E-state index < -0.39 is 0 Å². The number of aromatic hydroxyl groups is 1. The summed E-state index contributed by atoms with van der Waals surface area (Å²) in [5, 5.41) is 13.7. The number of amides is 1. The Balaban J connectivity index is 1.49. The molecule has 0 fully saturated rings. The van der Waals surface area contributed by atoms with Gasteiger partial charge < -0.3 is 15.4 Å². The minimum atomic E-state index is -0.269. The van der Waals surface area contributed by atoms with E-state index in [1.165, 1.54) is 16.6 Å². The second-order valence-electron chi connectivity index (χ2n) is 6.62. The highest BCUT2D eigenvalue weighted by Gasteiger charge is 2.20. The topological polar surface area (TPSA) is 95.1 Å². The van der Waals surface area contributed by atoms with E-state index in [0.29, 0.717) is 16.2 Å². The van der Waals surface area contributed by atoms with Crippen LogP contribution in [0.5, 0.6) is 5.75 Å². The Kier molecular flexibility index (Phi) is 4.92. The molecule has 0 unspecified atom stereocenters. The molecule has 2 aromatic heterocycles. The van der Waals surface area contributed by atoms with Crippen molar-refractivity contribution in [3.63, 3.8) is 0 Å². The van der Waals surface area contributed by atoms with Gasteiger partial charge in [-0.3, -0.25) is 9.59 Å². The van der Waals surface area contributed by atoms with Gasteiger partial charge in [0.1, 0.15) is 10.6 Å². The second kappa shape index (κ2) is 7.36. The van der Waals surface area contributed by atoms with Crippen LogP contribution in [0.15, 0.2) is 28.2 Å². The summed E-state index contributed by atoms with van der Waals surface area (Å²) in [6.07, 6.45) is 4.22. The smallest absolute Gasteiger partial charge is 0.260 e. The SMILES string of the molecule is Cc1ccc(O)c(NC(=O)CSc2nc3sc4c(c3c(=O)[nH]2)CCCC4)c1. The normalized spacial score (nSPS) is 13.5. The standard InChI is InChI=1S/C19H19N3O3S2/c1-10-6-7-13(23)12(8-10)20-15(24)9-26-19-21-17(25)16-11-4-2-3-5-14(11)27-18(16)22-19/h6-8,23H,2-5,9H2,1H3,(H,20,24)(H,21,22,25). The first-order chi connectivity index (χ1) is 13.0. The zero-order valence-corrected chi connectivity index (χ0v) is 16.4. The highest BCUT2D eigenvalue weighted by atomic mass is 32.2. The third-order valence-electron chi connectivity index (χ3n) is 4.57. The molecule has 140 valence electrons. The quantitative estimate of drug-likeness (QED) is 0.353. The summed E-state index contributed by atoms with van der Waals surface area (Å²) < 4.78 is 0. The van der Waals surface area contributed by atoms with E-state index in [4.69, 9.17) is 0 Å². The molecular weight excluding hydrogens is 382 g/mol. The number of H-pyrrole nitrogens is 1. The van der Waals surface area contributed by atoms with Gasteiger partial charge >= 0.3 is 0 Å². The summed E-state index contributed by atoms with van der Waals surface area (Å²) >= 11 is 2.77. The zero-order chi connectivity index (χ0) is 19.0. The summed E-state index contributed by atoms with van der Waals surface area (Å²) in [6, 6.07) is 5.02. The predicted octanol–water partition coefficient (Wildman–Crippen LogP) is 3.61. The minimum absolute atomic E-state index is 0.0241. The number of hydrogen-bond acceptors (Lipinski definition) is 6. The number of thiophene rings is 1. The maximum Gasteiger partial charge on any atom is 0.260 e. The number of anilines is 1. The molecule has 8 heteroatoms. The number of carbonyl (C=O) groups is 1. The van der Waals surface area contributed by atoms with Gasteiger partial charge in [-0.1, -0.05) is 17.8 Å². The number of fused-ring (bicyclic) bond motifs is 3. The number of aromatic nitrogens is 2. The number of rotatable bonds is 4. The Morgan fingerprint density at radius 2 is 2.19 bits per heavy atom. The van der Waals surface area contributed by atoms with E-state index in [-0.39, 0.29) is 23.0 Å². The van der Waals surface area contributed by atoms with Crippen molar-refractivity contribution in [1.29, 1.82) is 0 Å². The van der Waals surface area contributed by atoms with Crippen molar-refractivity contribution in [2.45, 2.75) is 37.8 Å². The molecule has 4 rings (SSSR count). The van der Waals surface area contributed by atoms with Crippen LogP contribution in [0.25, 0.3) is 10.2 Å². The number of phenols is 1. The van der Waals surface area contributed by atoms with Crippen molar-refractivity contribution in [3.8, 4) is 5.75 Å². The van der Waals surface area contributed by atoms with E-state index in [2.05, 4.69) is 15.3 Å². The number of benzene rings is 1. The third kappa shape index (κ3) is 3.72. The fourth-order valence-corrected chi connectivity index (χ4v) is 5.26. The lowest BCUT2D eigenvalue weighted by Crippen LogP contribution is -2.16. The van der Waals surface area contributed by atoms with Crippen molar-refractivity contribution >= 4 is 44.9 Å². The van der Waals surface area contributed by atoms with E-state index in [9.17, 15) is 14.7 Å². The summed E-state index contributed by atoms with van der Waals surface area (Å²) in [5.41, 5.74) is 2.34. The highest BCUT2D eigenvalue weighted by Crippen LogP contribution is 2.34. The van der Waals surface area contributed by atoms with Gasteiger partial charge in [0.05, 0.1) is 16.8 Å². The average molecular weight is 402 g/mol. The molecular formula is C19H19N3O3S2. The molecule has 0 atom stereocenters. The number of aryl methyl sites for hydroxylation is 3. The van der Waals surface area contributed by atoms with E-state index in [1.54, 1.807) is 29.5 Å². The molecule has 0 aliphatic heterocycles. The molecule has 1 aromatic carbocycles. The fourth-order valence-electron chi connectivity index (χ4n) is 3.28. The molecule has 3 N–H and O–H groups in total. The predicted molar refractivity (Wildman–Crippen MR) is 109 cm³/mol. The van der Waals surface area contributed by atoms with Gasteiger partial charge in [-0.25, -0.2) is 4.98 Å². The van der Waals surface area contributed by atoms with Crippen LogP contribution in [0, 0.1) is 6.92 Å². The molecule has 1 amide bonds. The lowest BCUT2D eigenvalue weighted by atomic mass is 9.97. The number of nitrogens with zero attached hydrogens (tertiary/aromatic N) is 1. The van der Waals surface area contributed by atoms with Crippen molar-refractivity contribution in [3.05, 3.63) is 44.6 Å². The van der Waals surface area contributed by atoms with Crippen LogP contribution in [0.1, 0.15) is 28.8 Å². The molecule has 27 heavy (non-hydrogen) atoms. The third-order valence-corrected chi connectivity index (χ3v) is 6.63. The van der Waals surface area contributed by atoms with Crippen molar-refractivity contribution in [2.24, 2.45) is 0 Å². The van der Waals surface area contributed by atoms with Gasteiger partial charge in [-0.2, -0.15) is 0 Å². The molecule has 1 aliphatic rings. The lowest BCUT2D eigenvalue weighted by Gasteiger charge is -2.09. The van der Waals surface area contributed by atoms with Gasteiger partial charge in [0.2, 0.25) is 5.91 Å². The van der Waals surface area contributed by atoms with E-state index in [1.807, 2.05) is 6.92 Å². The molecule has 6 nitrogen and oxygen atoms in total. The summed E-state index contributed by atoms with van der Waals surface area (Å²) in [5.74, 6) is -0.155. The summed E-state index contributed by atoms with van der Waals surface area (Å²) in [4.78, 5) is 34.1. The maximum atomic E-state index is 12.5. The molecule has 3 aromatic rings. The maximum absolute atomic E-state index is 12.5. The molecule has 0 saturated carbocycles. The average Bonchev–Trinajstić information content (AvgIpc) is 3.02. The number of nitrogens with one attached hydrogen (secondary N) is 2. The highest BCUT2D eigenvalue weighted by molar-refractivity contribution is 7.99.